The van der Waals surface area contributed by atoms with Crippen LogP contribution in [0.2, 0.25) is 0 Å². The van der Waals surface area contributed by atoms with Crippen molar-refractivity contribution in [1.82, 2.24) is 9.97 Å². The molecule has 2 aromatic rings. The van der Waals surface area contributed by atoms with Crippen molar-refractivity contribution in [3.63, 3.8) is 0 Å². The fourth-order valence-electron chi connectivity index (χ4n) is 1.52. The number of hydrogen-bond acceptors (Lipinski definition) is 7. The molecule has 0 aliphatic carbocycles. The van der Waals surface area contributed by atoms with Crippen LogP contribution >= 0.6 is 11.8 Å². The Labute approximate surface area is 119 Å². The van der Waals surface area contributed by atoms with Gasteiger partial charge in [0.1, 0.15) is 23.2 Å². The largest absolute Gasteiger partial charge is 0.497 e. The topological polar surface area (TPSA) is 85.1 Å². The third-order valence-corrected chi connectivity index (χ3v) is 3.02. The minimum Gasteiger partial charge on any atom is -0.497 e. The summed E-state index contributed by atoms with van der Waals surface area (Å²) in [7, 11) is 1.52. The van der Waals surface area contributed by atoms with E-state index < -0.39 is 5.82 Å². The molecule has 1 aromatic carbocycles. The first kappa shape index (κ1) is 14.4. The summed E-state index contributed by atoms with van der Waals surface area (Å²) in [6.45, 7) is 0. The number of ether oxygens (including phenoxy) is 1. The lowest BCUT2D eigenvalue weighted by atomic mass is 10.3. The van der Waals surface area contributed by atoms with Crippen molar-refractivity contribution in [1.29, 1.82) is 0 Å². The van der Waals surface area contributed by atoms with Crippen LogP contribution in [0, 0.1) is 5.82 Å². The van der Waals surface area contributed by atoms with E-state index in [0.29, 0.717) is 22.5 Å². The second-order valence-electron chi connectivity index (χ2n) is 3.74. The SMILES string of the molecule is COc1ccc(F)c(Nc2cc(NN)nc(SC)n2)c1. The van der Waals surface area contributed by atoms with Crippen LogP contribution in [-0.2, 0) is 0 Å². The molecule has 0 unspecified atom stereocenters. The molecule has 0 bridgehead atoms. The average Bonchev–Trinajstić information content (AvgIpc) is 2.49. The molecule has 8 heteroatoms. The molecule has 0 fully saturated rings. The molecule has 2 rings (SSSR count). The lowest BCUT2D eigenvalue weighted by molar-refractivity contribution is 0.414. The Morgan fingerprint density at radius 2 is 2.00 bits per heavy atom. The summed E-state index contributed by atoms with van der Waals surface area (Å²) in [4.78, 5) is 8.35. The normalized spacial score (nSPS) is 10.2. The quantitative estimate of drug-likeness (QED) is 0.338. The number of anilines is 3. The van der Waals surface area contributed by atoms with Crippen molar-refractivity contribution < 1.29 is 9.13 Å². The van der Waals surface area contributed by atoms with Gasteiger partial charge >= 0.3 is 0 Å². The van der Waals surface area contributed by atoms with Gasteiger partial charge in [0.2, 0.25) is 0 Å². The lowest BCUT2D eigenvalue weighted by Gasteiger charge is -2.10. The van der Waals surface area contributed by atoms with Crippen molar-refractivity contribution in [3.05, 3.63) is 30.1 Å². The Kier molecular flexibility index (Phi) is 4.59. The number of nitrogen functional groups attached to an aromatic ring is 1. The van der Waals surface area contributed by atoms with Crippen molar-refractivity contribution in [2.24, 2.45) is 5.84 Å². The number of halogens is 1. The number of nitrogens with one attached hydrogen (secondary N) is 2. The number of nitrogens with zero attached hydrogens (tertiary/aromatic N) is 2. The maximum Gasteiger partial charge on any atom is 0.191 e. The summed E-state index contributed by atoms with van der Waals surface area (Å²) in [6, 6.07) is 5.99. The zero-order valence-electron chi connectivity index (χ0n) is 11.0. The zero-order valence-corrected chi connectivity index (χ0v) is 11.8. The first-order chi connectivity index (χ1) is 9.66. The number of benzene rings is 1. The molecule has 20 heavy (non-hydrogen) atoms. The van der Waals surface area contributed by atoms with Gasteiger partial charge < -0.3 is 15.5 Å². The zero-order chi connectivity index (χ0) is 14.5. The van der Waals surface area contributed by atoms with E-state index >= 15 is 0 Å². The molecule has 1 heterocycles. The standard InChI is InChI=1S/C12H14FN5OS/c1-19-7-3-4-8(13)9(5-7)15-10-6-11(18-14)17-12(16-10)20-2/h3-6H,14H2,1-2H3,(H2,15,16,17,18). The summed E-state index contributed by atoms with van der Waals surface area (Å²) in [5.41, 5.74) is 2.70. The fraction of sp³-hybridized carbons (Fsp3) is 0.167. The maximum atomic E-state index is 13.7. The summed E-state index contributed by atoms with van der Waals surface area (Å²) in [6.07, 6.45) is 1.84. The number of nitrogens with two attached hydrogens (primary N) is 1. The molecule has 0 radical (unpaired) electrons. The van der Waals surface area contributed by atoms with Gasteiger partial charge in [-0.1, -0.05) is 11.8 Å². The van der Waals surface area contributed by atoms with Gasteiger partial charge in [0, 0.05) is 12.1 Å². The van der Waals surface area contributed by atoms with Crippen LogP contribution < -0.4 is 21.3 Å². The Hall–Kier alpha value is -2.06. The van der Waals surface area contributed by atoms with Crippen molar-refractivity contribution in [3.8, 4) is 5.75 Å². The first-order valence-electron chi connectivity index (χ1n) is 5.66. The van der Waals surface area contributed by atoms with E-state index in [0.717, 1.165) is 0 Å². The van der Waals surface area contributed by atoms with Gasteiger partial charge in [-0.15, -0.1) is 0 Å². The highest BCUT2D eigenvalue weighted by Gasteiger charge is 2.08. The highest BCUT2D eigenvalue weighted by Crippen LogP contribution is 2.25. The van der Waals surface area contributed by atoms with Crippen LogP contribution in [0.1, 0.15) is 0 Å². The molecule has 106 valence electrons. The number of aromatic nitrogens is 2. The molecule has 0 spiro atoms. The number of rotatable bonds is 5. The predicted molar refractivity (Wildman–Crippen MR) is 77.9 cm³/mol. The van der Waals surface area contributed by atoms with Gasteiger partial charge in [-0.3, -0.25) is 0 Å². The molecule has 6 nitrogen and oxygen atoms in total. The van der Waals surface area contributed by atoms with E-state index in [9.17, 15) is 4.39 Å². The smallest absolute Gasteiger partial charge is 0.191 e. The monoisotopic (exact) mass is 295 g/mol. The van der Waals surface area contributed by atoms with Crippen molar-refractivity contribution in [2.45, 2.75) is 5.16 Å². The van der Waals surface area contributed by atoms with Gasteiger partial charge in [0.25, 0.3) is 0 Å². The summed E-state index contributed by atoms with van der Waals surface area (Å²) in [5, 5.41) is 3.40. The average molecular weight is 295 g/mol. The molecular weight excluding hydrogens is 281 g/mol. The minimum atomic E-state index is -0.405. The number of thioether (sulfide) groups is 1. The van der Waals surface area contributed by atoms with E-state index in [2.05, 4.69) is 20.7 Å². The predicted octanol–water partition coefficient (Wildman–Crippen LogP) is 2.38. The summed E-state index contributed by atoms with van der Waals surface area (Å²) >= 11 is 1.36. The molecule has 1 aromatic heterocycles. The Bertz CT molecular complexity index is 588. The molecule has 0 aliphatic rings. The van der Waals surface area contributed by atoms with Crippen molar-refractivity contribution in [2.75, 3.05) is 24.1 Å². The molecule has 0 amide bonds. The van der Waals surface area contributed by atoms with Crippen LogP contribution in [-0.4, -0.2) is 23.3 Å². The first-order valence-corrected chi connectivity index (χ1v) is 6.89. The van der Waals surface area contributed by atoms with E-state index in [-0.39, 0.29) is 5.69 Å². The van der Waals surface area contributed by atoms with Crippen LogP contribution in [0.25, 0.3) is 0 Å². The number of hydrazine groups is 1. The molecule has 0 saturated carbocycles. The second kappa shape index (κ2) is 6.40. The molecule has 4 N–H and O–H groups in total. The van der Waals surface area contributed by atoms with Crippen LogP contribution in [0.3, 0.4) is 0 Å². The van der Waals surface area contributed by atoms with E-state index in [1.807, 2.05) is 6.26 Å². The van der Waals surface area contributed by atoms with Crippen LogP contribution in [0.15, 0.2) is 29.4 Å². The third-order valence-electron chi connectivity index (χ3n) is 2.47. The van der Waals surface area contributed by atoms with Crippen LogP contribution in [0.5, 0.6) is 5.75 Å². The van der Waals surface area contributed by atoms with Gasteiger partial charge in [0.05, 0.1) is 12.8 Å². The third kappa shape index (κ3) is 3.28. The molecule has 0 atom stereocenters. The molecule has 0 aliphatic heterocycles. The molecule has 0 saturated heterocycles. The number of methoxy groups -OCH3 is 1. The Morgan fingerprint density at radius 1 is 1.25 bits per heavy atom. The second-order valence-corrected chi connectivity index (χ2v) is 4.51. The highest BCUT2D eigenvalue weighted by molar-refractivity contribution is 7.98. The van der Waals surface area contributed by atoms with Gasteiger partial charge in [-0.2, -0.15) is 0 Å². The van der Waals surface area contributed by atoms with Crippen LogP contribution in [0.4, 0.5) is 21.7 Å². The van der Waals surface area contributed by atoms with Gasteiger partial charge in [-0.05, 0) is 18.4 Å². The lowest BCUT2D eigenvalue weighted by Crippen LogP contribution is -2.10. The fourth-order valence-corrected chi connectivity index (χ4v) is 1.90. The Balaban J connectivity index is 2.33. The van der Waals surface area contributed by atoms with Gasteiger partial charge in [0.15, 0.2) is 5.16 Å². The maximum absolute atomic E-state index is 13.7. The van der Waals surface area contributed by atoms with Gasteiger partial charge in [-0.25, -0.2) is 20.2 Å². The van der Waals surface area contributed by atoms with Crippen molar-refractivity contribution >= 4 is 29.1 Å². The highest BCUT2D eigenvalue weighted by atomic mass is 32.2. The minimum absolute atomic E-state index is 0.262. The van der Waals surface area contributed by atoms with E-state index in [4.69, 9.17) is 10.6 Å². The molecular formula is C12H14FN5OS. The summed E-state index contributed by atoms with van der Waals surface area (Å²) in [5.74, 6) is 6.36. The summed E-state index contributed by atoms with van der Waals surface area (Å²) < 4.78 is 18.8. The number of hydrogen-bond donors (Lipinski definition) is 3. The Morgan fingerprint density at radius 3 is 2.65 bits per heavy atom. The van der Waals surface area contributed by atoms with E-state index in [1.165, 1.54) is 24.9 Å². The van der Waals surface area contributed by atoms with E-state index in [1.54, 1.807) is 18.2 Å².